The second-order valence-corrected chi connectivity index (χ2v) is 4.53. The summed E-state index contributed by atoms with van der Waals surface area (Å²) in [5, 5.41) is 16.9. The number of carbonyl (C=O) groups is 1. The predicted octanol–water partition coefficient (Wildman–Crippen LogP) is -1.13. The molecule has 0 aromatic carbocycles. The van der Waals surface area contributed by atoms with Crippen molar-refractivity contribution in [2.45, 2.75) is 12.5 Å². The van der Waals surface area contributed by atoms with Crippen molar-refractivity contribution >= 4 is 15.8 Å². The molecule has 2 N–H and O–H groups in total. The van der Waals surface area contributed by atoms with Crippen LogP contribution in [0.25, 0.3) is 0 Å². The maximum absolute atomic E-state index is 10.5. The lowest BCUT2D eigenvalue weighted by atomic mass is 10.3. The number of carboxylic acids is 1. The zero-order valence-corrected chi connectivity index (χ0v) is 6.84. The molecule has 6 heteroatoms. The number of aliphatic hydroxyl groups excluding tert-OH is 1. The van der Waals surface area contributed by atoms with Crippen LogP contribution in [0, 0.1) is 0 Å². The van der Waals surface area contributed by atoms with Crippen molar-refractivity contribution in [3.8, 4) is 0 Å². The first-order valence-corrected chi connectivity index (χ1v) is 4.95. The van der Waals surface area contributed by atoms with Gasteiger partial charge >= 0.3 is 5.97 Å². The normalized spacial score (nSPS) is 14.4. The van der Waals surface area contributed by atoms with Gasteiger partial charge in [0.1, 0.15) is 9.84 Å². The summed E-state index contributed by atoms with van der Waals surface area (Å²) >= 11 is 0. The van der Waals surface area contributed by atoms with Gasteiger partial charge in [-0.1, -0.05) is 0 Å². The summed E-state index contributed by atoms with van der Waals surface area (Å²) in [6, 6.07) is 0. The van der Waals surface area contributed by atoms with E-state index in [0.717, 1.165) is 6.26 Å². The molecular formula is C5H10O5S. The van der Waals surface area contributed by atoms with Gasteiger partial charge in [0, 0.05) is 6.26 Å². The molecule has 5 nitrogen and oxygen atoms in total. The second-order valence-electron chi connectivity index (χ2n) is 2.34. The molecule has 1 unspecified atom stereocenters. The van der Waals surface area contributed by atoms with Crippen LogP contribution in [0.5, 0.6) is 0 Å². The highest BCUT2D eigenvalue weighted by Crippen LogP contribution is 1.95. The van der Waals surface area contributed by atoms with Crippen molar-refractivity contribution in [1.29, 1.82) is 0 Å². The first-order valence-electron chi connectivity index (χ1n) is 2.89. The van der Waals surface area contributed by atoms with E-state index in [0.29, 0.717) is 0 Å². The molecule has 0 bridgehead atoms. The average Bonchev–Trinajstić information content (AvgIpc) is 1.53. The van der Waals surface area contributed by atoms with Crippen LogP contribution < -0.4 is 0 Å². The third-order valence-corrected chi connectivity index (χ3v) is 1.90. The van der Waals surface area contributed by atoms with Gasteiger partial charge < -0.3 is 10.2 Å². The molecule has 66 valence electrons. The molecular weight excluding hydrogens is 172 g/mol. The fourth-order valence-electron chi connectivity index (χ4n) is 0.610. The lowest BCUT2D eigenvalue weighted by Gasteiger charge is -2.04. The van der Waals surface area contributed by atoms with E-state index in [1.165, 1.54) is 0 Å². The minimum absolute atomic E-state index is 0.501. The van der Waals surface area contributed by atoms with Crippen molar-refractivity contribution in [2.24, 2.45) is 0 Å². The van der Waals surface area contributed by atoms with E-state index in [9.17, 15) is 13.2 Å². The third-order valence-electron chi connectivity index (χ3n) is 0.905. The molecule has 0 heterocycles. The van der Waals surface area contributed by atoms with Gasteiger partial charge in [-0.2, -0.15) is 0 Å². The second kappa shape index (κ2) is 3.68. The Hall–Kier alpha value is -0.620. The van der Waals surface area contributed by atoms with E-state index in [2.05, 4.69) is 0 Å². The third kappa shape index (κ3) is 7.27. The number of aliphatic hydroxyl groups is 1. The first kappa shape index (κ1) is 10.4. The number of rotatable bonds is 4. The molecule has 0 aliphatic heterocycles. The number of aliphatic carboxylic acids is 1. The smallest absolute Gasteiger partial charge is 0.306 e. The van der Waals surface area contributed by atoms with Crippen molar-refractivity contribution in [2.75, 3.05) is 12.0 Å². The van der Waals surface area contributed by atoms with E-state index >= 15 is 0 Å². The highest BCUT2D eigenvalue weighted by atomic mass is 32.2. The highest BCUT2D eigenvalue weighted by molar-refractivity contribution is 7.90. The van der Waals surface area contributed by atoms with Crippen molar-refractivity contribution in [3.63, 3.8) is 0 Å². The van der Waals surface area contributed by atoms with Gasteiger partial charge in [0.15, 0.2) is 0 Å². The number of sulfone groups is 1. The van der Waals surface area contributed by atoms with Crippen molar-refractivity contribution in [1.82, 2.24) is 0 Å². The lowest BCUT2D eigenvalue weighted by Crippen LogP contribution is -2.22. The molecule has 0 aliphatic rings. The van der Waals surface area contributed by atoms with Gasteiger partial charge in [-0.15, -0.1) is 0 Å². The first-order chi connectivity index (χ1) is 4.81. The Bertz CT molecular complexity index is 229. The van der Waals surface area contributed by atoms with Crippen LogP contribution in [0.3, 0.4) is 0 Å². The molecule has 0 amide bonds. The van der Waals surface area contributed by atoms with Crippen LogP contribution in [0.1, 0.15) is 6.42 Å². The van der Waals surface area contributed by atoms with Crippen LogP contribution in [0.4, 0.5) is 0 Å². The minimum Gasteiger partial charge on any atom is -0.481 e. The molecule has 0 aromatic heterocycles. The topological polar surface area (TPSA) is 91.7 Å². The van der Waals surface area contributed by atoms with E-state index in [1.54, 1.807) is 0 Å². The van der Waals surface area contributed by atoms with E-state index in [1.807, 2.05) is 0 Å². The van der Waals surface area contributed by atoms with Crippen LogP contribution >= 0.6 is 0 Å². The molecule has 0 radical (unpaired) electrons. The van der Waals surface area contributed by atoms with Crippen LogP contribution in [0.2, 0.25) is 0 Å². The minimum atomic E-state index is -3.28. The largest absolute Gasteiger partial charge is 0.481 e. The van der Waals surface area contributed by atoms with Crippen molar-refractivity contribution < 1.29 is 23.4 Å². The zero-order chi connectivity index (χ0) is 9.07. The molecule has 0 saturated heterocycles. The number of hydrogen-bond acceptors (Lipinski definition) is 4. The Kier molecular flexibility index (Phi) is 3.47. The summed E-state index contributed by atoms with van der Waals surface area (Å²) in [5.74, 6) is -1.71. The molecule has 0 aliphatic carbocycles. The molecule has 0 fully saturated rings. The average molecular weight is 182 g/mol. The van der Waals surface area contributed by atoms with Gasteiger partial charge in [-0.25, -0.2) is 8.42 Å². The van der Waals surface area contributed by atoms with Gasteiger partial charge in [-0.3, -0.25) is 4.79 Å². The molecule has 0 rings (SSSR count). The van der Waals surface area contributed by atoms with Crippen LogP contribution in [-0.2, 0) is 14.6 Å². The Labute approximate surface area is 64.6 Å². The predicted molar refractivity (Wildman–Crippen MR) is 38.0 cm³/mol. The lowest BCUT2D eigenvalue weighted by molar-refractivity contribution is -0.138. The molecule has 1 atom stereocenters. The summed E-state index contributed by atoms with van der Waals surface area (Å²) in [5.41, 5.74) is 0. The maximum Gasteiger partial charge on any atom is 0.306 e. The van der Waals surface area contributed by atoms with Crippen molar-refractivity contribution in [3.05, 3.63) is 0 Å². The summed E-state index contributed by atoms with van der Waals surface area (Å²) in [4.78, 5) is 9.94. The van der Waals surface area contributed by atoms with Crippen LogP contribution in [-0.4, -0.2) is 42.7 Å². The van der Waals surface area contributed by atoms with Gasteiger partial charge in [0.05, 0.1) is 18.3 Å². The fraction of sp³-hybridized carbons (Fsp3) is 0.800. The Morgan fingerprint density at radius 2 is 2.00 bits per heavy atom. The summed E-state index contributed by atoms with van der Waals surface area (Å²) in [7, 11) is -3.28. The molecule has 0 saturated carbocycles. The van der Waals surface area contributed by atoms with Gasteiger partial charge in [-0.05, 0) is 0 Å². The molecule has 11 heavy (non-hydrogen) atoms. The fourth-order valence-corrected chi connectivity index (χ4v) is 1.43. The summed E-state index contributed by atoms with van der Waals surface area (Å²) in [6.07, 6.45) is -0.895. The number of carboxylic acid groups (broad SMARTS) is 1. The Balaban J connectivity index is 3.89. The summed E-state index contributed by atoms with van der Waals surface area (Å²) in [6.45, 7) is 0. The Morgan fingerprint density at radius 1 is 1.55 bits per heavy atom. The standard InChI is InChI=1S/C5H10O5S/c1-11(9,10)3-4(6)2-5(7)8/h4,6H,2-3H2,1H3,(H,7,8). The molecule has 0 aromatic rings. The van der Waals surface area contributed by atoms with Crippen LogP contribution in [0.15, 0.2) is 0 Å². The molecule has 0 spiro atoms. The van der Waals surface area contributed by atoms with Gasteiger partial charge in [0.2, 0.25) is 0 Å². The maximum atomic E-state index is 10.5. The zero-order valence-electron chi connectivity index (χ0n) is 6.02. The Morgan fingerprint density at radius 3 is 2.27 bits per heavy atom. The number of hydrogen-bond donors (Lipinski definition) is 2. The highest BCUT2D eigenvalue weighted by Gasteiger charge is 2.14. The quantitative estimate of drug-likeness (QED) is 0.573. The van der Waals surface area contributed by atoms with E-state index in [4.69, 9.17) is 10.2 Å². The van der Waals surface area contributed by atoms with E-state index in [-0.39, 0.29) is 0 Å². The monoisotopic (exact) mass is 182 g/mol. The van der Waals surface area contributed by atoms with E-state index < -0.39 is 34.1 Å². The summed E-state index contributed by atoms with van der Waals surface area (Å²) < 4.78 is 20.9. The van der Waals surface area contributed by atoms with Gasteiger partial charge in [0.25, 0.3) is 0 Å². The SMILES string of the molecule is CS(=O)(=O)CC(O)CC(=O)O.